The number of amides is 2. The fourth-order valence-corrected chi connectivity index (χ4v) is 3.27. The number of likely N-dealkylation sites (N-methyl/N-ethyl adjacent to an activating group) is 1. The highest BCUT2D eigenvalue weighted by atomic mass is 35.5. The van der Waals surface area contributed by atoms with Gasteiger partial charge in [-0.3, -0.25) is 14.5 Å². The molecule has 0 atom stereocenters. The third-order valence-electron chi connectivity index (χ3n) is 4.32. The van der Waals surface area contributed by atoms with Gasteiger partial charge in [-0.05, 0) is 36.9 Å². The van der Waals surface area contributed by atoms with E-state index in [9.17, 15) is 9.59 Å². The van der Waals surface area contributed by atoms with Crippen molar-refractivity contribution in [1.82, 2.24) is 4.90 Å². The molecule has 0 saturated heterocycles. The lowest BCUT2D eigenvalue weighted by Crippen LogP contribution is -2.36. The number of carbonyl (C=O) groups excluding carboxylic acids is 2. The van der Waals surface area contributed by atoms with Crippen molar-refractivity contribution in [1.29, 1.82) is 0 Å². The minimum absolute atomic E-state index is 0.0496. The van der Waals surface area contributed by atoms with Gasteiger partial charge < -0.3 is 10.6 Å². The number of nitrogens with zero attached hydrogens (tertiary/aromatic N) is 1. The van der Waals surface area contributed by atoms with Gasteiger partial charge in [-0.2, -0.15) is 0 Å². The first-order valence-electron chi connectivity index (χ1n) is 9.30. The van der Waals surface area contributed by atoms with E-state index in [1.54, 1.807) is 30.1 Å². The molecule has 5 nitrogen and oxygen atoms in total. The van der Waals surface area contributed by atoms with Crippen LogP contribution in [0.15, 0.2) is 72.8 Å². The van der Waals surface area contributed by atoms with Gasteiger partial charge in [0.25, 0.3) is 0 Å². The van der Waals surface area contributed by atoms with Gasteiger partial charge in [0.15, 0.2) is 0 Å². The monoisotopic (exact) mass is 441 g/mol. The molecule has 0 aliphatic carbocycles. The average molecular weight is 442 g/mol. The number of carbonyl (C=O) groups is 2. The largest absolute Gasteiger partial charge is 0.325 e. The van der Waals surface area contributed by atoms with Gasteiger partial charge >= 0.3 is 0 Å². The third-order valence-corrected chi connectivity index (χ3v) is 5.06. The Bertz CT molecular complexity index is 1040. The summed E-state index contributed by atoms with van der Waals surface area (Å²) in [5.41, 5.74) is 3.22. The number of rotatable bonds is 7. The molecule has 7 heteroatoms. The van der Waals surface area contributed by atoms with Gasteiger partial charge in [0.05, 0.1) is 23.1 Å². The molecule has 0 aromatic heterocycles. The van der Waals surface area contributed by atoms with Crippen molar-refractivity contribution in [2.24, 2.45) is 0 Å². The minimum Gasteiger partial charge on any atom is -0.325 e. The fourth-order valence-electron chi connectivity index (χ4n) is 2.97. The molecular weight excluding hydrogens is 421 g/mol. The lowest BCUT2D eigenvalue weighted by Gasteiger charge is -2.17. The molecule has 0 spiro atoms. The van der Waals surface area contributed by atoms with Gasteiger partial charge in [0, 0.05) is 16.9 Å². The minimum atomic E-state index is -0.256. The zero-order valence-corrected chi connectivity index (χ0v) is 17.9. The normalized spacial score (nSPS) is 10.7. The predicted octanol–water partition coefficient (Wildman–Crippen LogP) is 5.17. The highest BCUT2D eigenvalue weighted by Crippen LogP contribution is 2.27. The highest BCUT2D eigenvalue weighted by molar-refractivity contribution is 6.42. The molecule has 2 N–H and O–H groups in total. The van der Waals surface area contributed by atoms with Crippen LogP contribution in [-0.2, 0) is 9.59 Å². The second kappa shape index (κ2) is 10.3. The summed E-state index contributed by atoms with van der Waals surface area (Å²) in [6, 6.07) is 22.3. The van der Waals surface area contributed by atoms with E-state index in [2.05, 4.69) is 10.6 Å². The molecule has 0 fully saturated rings. The Morgan fingerprint density at radius 2 is 1.43 bits per heavy atom. The van der Waals surface area contributed by atoms with Gasteiger partial charge in [-0.1, -0.05) is 71.7 Å². The Hall–Kier alpha value is -2.86. The van der Waals surface area contributed by atoms with E-state index in [0.29, 0.717) is 15.7 Å². The molecule has 0 unspecified atom stereocenters. The molecule has 0 bridgehead atoms. The van der Waals surface area contributed by atoms with Crippen molar-refractivity contribution in [3.63, 3.8) is 0 Å². The van der Waals surface area contributed by atoms with Crippen molar-refractivity contribution in [2.45, 2.75) is 0 Å². The standard InChI is InChI=1S/C23H21Cl2N3O2/c1-28(14-22(29)26-17-11-12-19(24)20(25)13-17)15-23(30)27-21-10-6-5-9-18(21)16-7-3-2-4-8-16/h2-13H,14-15H2,1H3,(H,26,29)(H,27,30). The molecule has 154 valence electrons. The Morgan fingerprint density at radius 3 is 2.13 bits per heavy atom. The highest BCUT2D eigenvalue weighted by Gasteiger charge is 2.13. The molecule has 2 amide bonds. The van der Waals surface area contributed by atoms with E-state index in [4.69, 9.17) is 23.2 Å². The number of anilines is 2. The van der Waals surface area contributed by atoms with Gasteiger partial charge in [0.1, 0.15) is 0 Å². The molecule has 0 aliphatic rings. The van der Waals surface area contributed by atoms with E-state index in [1.165, 1.54) is 0 Å². The lowest BCUT2D eigenvalue weighted by atomic mass is 10.0. The van der Waals surface area contributed by atoms with Crippen LogP contribution in [0.25, 0.3) is 11.1 Å². The maximum atomic E-state index is 12.5. The summed E-state index contributed by atoms with van der Waals surface area (Å²) in [5, 5.41) is 6.45. The molecule has 0 aliphatic heterocycles. The maximum absolute atomic E-state index is 12.5. The van der Waals surface area contributed by atoms with Crippen molar-refractivity contribution >= 4 is 46.4 Å². The summed E-state index contributed by atoms with van der Waals surface area (Å²) >= 11 is 11.8. The van der Waals surface area contributed by atoms with Crippen molar-refractivity contribution in [2.75, 3.05) is 30.8 Å². The summed E-state index contributed by atoms with van der Waals surface area (Å²) in [6.45, 7) is 0.117. The molecule has 0 saturated carbocycles. The van der Waals surface area contributed by atoms with Crippen LogP contribution in [0, 0.1) is 0 Å². The molecule has 3 rings (SSSR count). The quantitative estimate of drug-likeness (QED) is 0.531. The number of benzene rings is 3. The summed E-state index contributed by atoms with van der Waals surface area (Å²) in [4.78, 5) is 26.4. The topological polar surface area (TPSA) is 61.4 Å². The van der Waals surface area contributed by atoms with E-state index in [1.807, 2.05) is 54.6 Å². The van der Waals surface area contributed by atoms with Crippen molar-refractivity contribution in [3.8, 4) is 11.1 Å². The van der Waals surface area contributed by atoms with Crippen LogP contribution >= 0.6 is 23.2 Å². The summed E-state index contributed by atoms with van der Waals surface area (Å²) in [6.07, 6.45) is 0. The smallest absolute Gasteiger partial charge is 0.238 e. The first kappa shape index (κ1) is 21.8. The molecule has 30 heavy (non-hydrogen) atoms. The van der Waals surface area contributed by atoms with E-state index >= 15 is 0 Å². The SMILES string of the molecule is CN(CC(=O)Nc1ccc(Cl)c(Cl)c1)CC(=O)Nc1ccccc1-c1ccccc1. The zero-order chi connectivity index (χ0) is 21.5. The average Bonchev–Trinajstić information content (AvgIpc) is 2.71. The van der Waals surface area contributed by atoms with Gasteiger partial charge in [0.2, 0.25) is 11.8 Å². The maximum Gasteiger partial charge on any atom is 0.238 e. The third kappa shape index (κ3) is 6.07. The first-order valence-corrected chi connectivity index (χ1v) is 10.1. The predicted molar refractivity (Wildman–Crippen MR) is 123 cm³/mol. The van der Waals surface area contributed by atoms with Crippen LogP contribution in [0.4, 0.5) is 11.4 Å². The molecule has 3 aromatic rings. The first-order chi connectivity index (χ1) is 14.4. The number of nitrogens with one attached hydrogen (secondary N) is 2. The summed E-state index contributed by atoms with van der Waals surface area (Å²) < 4.78 is 0. The van der Waals surface area contributed by atoms with Gasteiger partial charge in [-0.15, -0.1) is 0 Å². The summed E-state index contributed by atoms with van der Waals surface area (Å²) in [7, 11) is 1.71. The van der Waals surface area contributed by atoms with Crippen LogP contribution in [0.3, 0.4) is 0 Å². The van der Waals surface area contributed by atoms with E-state index < -0.39 is 0 Å². The Balaban J connectivity index is 1.56. The zero-order valence-electron chi connectivity index (χ0n) is 16.4. The number of halogens is 2. The number of hydrogen-bond acceptors (Lipinski definition) is 3. The summed E-state index contributed by atoms with van der Waals surface area (Å²) in [5.74, 6) is -0.461. The van der Waals surface area contributed by atoms with E-state index in [-0.39, 0.29) is 24.9 Å². The number of hydrogen-bond donors (Lipinski definition) is 2. The van der Waals surface area contributed by atoms with Crippen LogP contribution in [0.5, 0.6) is 0 Å². The van der Waals surface area contributed by atoms with Crippen molar-refractivity contribution in [3.05, 3.63) is 82.8 Å². The lowest BCUT2D eigenvalue weighted by molar-refractivity contribution is -0.119. The van der Waals surface area contributed by atoms with Crippen LogP contribution in [0.2, 0.25) is 10.0 Å². The number of para-hydroxylation sites is 1. The fraction of sp³-hybridized carbons (Fsp3) is 0.130. The van der Waals surface area contributed by atoms with Gasteiger partial charge in [-0.25, -0.2) is 0 Å². The Morgan fingerprint density at radius 1 is 0.800 bits per heavy atom. The molecule has 0 heterocycles. The van der Waals surface area contributed by atoms with E-state index in [0.717, 1.165) is 16.8 Å². The Kier molecular flexibility index (Phi) is 7.46. The molecule has 0 radical (unpaired) electrons. The second-order valence-corrected chi connectivity index (χ2v) is 7.62. The van der Waals surface area contributed by atoms with Crippen LogP contribution < -0.4 is 10.6 Å². The van der Waals surface area contributed by atoms with Crippen LogP contribution in [0.1, 0.15) is 0 Å². The molecular formula is C23H21Cl2N3O2. The van der Waals surface area contributed by atoms with Crippen molar-refractivity contribution < 1.29 is 9.59 Å². The Labute approximate surface area is 185 Å². The second-order valence-electron chi connectivity index (χ2n) is 6.81. The van der Waals surface area contributed by atoms with Crippen LogP contribution in [-0.4, -0.2) is 36.9 Å². The molecule has 3 aromatic carbocycles.